The van der Waals surface area contributed by atoms with E-state index in [4.69, 9.17) is 4.74 Å². The zero-order valence-electron chi connectivity index (χ0n) is 11.8. The van der Waals surface area contributed by atoms with E-state index < -0.39 is 5.92 Å². The Labute approximate surface area is 137 Å². The minimum absolute atomic E-state index is 0.187. The maximum Gasteiger partial charge on any atom is 0.185 e. The molecule has 0 fully saturated rings. The summed E-state index contributed by atoms with van der Waals surface area (Å²) in [6, 6.07) is 14.8. The van der Waals surface area contributed by atoms with E-state index in [1.807, 2.05) is 25.1 Å². The summed E-state index contributed by atoms with van der Waals surface area (Å²) < 4.78 is 6.11. The highest BCUT2D eigenvalue weighted by Crippen LogP contribution is 2.27. The third-order valence-electron chi connectivity index (χ3n) is 3.30. The molecule has 0 aliphatic rings. The first-order valence-corrected chi connectivity index (χ1v) is 7.49. The number of aryl methyl sites for hydroxylation is 1. The lowest BCUT2D eigenvalue weighted by molar-refractivity contribution is 0.0978. The summed E-state index contributed by atoms with van der Waals surface area (Å²) >= 11 is 2.11. The van der Waals surface area contributed by atoms with Crippen LogP contribution in [0.3, 0.4) is 0 Å². The molecule has 0 bridgehead atoms. The topological polar surface area (TPSA) is 50.1 Å². The zero-order chi connectivity index (χ0) is 15.4. The standard InChI is InChI=1S/C17H14INO2/c1-11-7-8-12(9-16(11)21-2)14(10-19)17(20)13-5-3-4-6-15(13)18/h3-9,14H,1-2H3. The smallest absolute Gasteiger partial charge is 0.185 e. The quantitative estimate of drug-likeness (QED) is 0.583. The highest BCUT2D eigenvalue weighted by molar-refractivity contribution is 14.1. The van der Waals surface area contributed by atoms with Gasteiger partial charge in [0, 0.05) is 9.13 Å². The molecule has 0 heterocycles. The molecule has 0 aliphatic carbocycles. The van der Waals surface area contributed by atoms with Crippen molar-refractivity contribution in [2.45, 2.75) is 12.8 Å². The van der Waals surface area contributed by atoms with Crippen LogP contribution in [0.1, 0.15) is 27.4 Å². The van der Waals surface area contributed by atoms with E-state index in [0.29, 0.717) is 16.9 Å². The Hall–Kier alpha value is -1.87. The minimum Gasteiger partial charge on any atom is -0.496 e. The van der Waals surface area contributed by atoms with Crippen molar-refractivity contribution in [1.29, 1.82) is 5.26 Å². The molecule has 0 saturated heterocycles. The van der Waals surface area contributed by atoms with Crippen LogP contribution in [0.25, 0.3) is 0 Å². The number of rotatable bonds is 4. The lowest BCUT2D eigenvalue weighted by Crippen LogP contribution is -2.13. The first-order valence-electron chi connectivity index (χ1n) is 6.41. The Morgan fingerprint density at radius 3 is 2.62 bits per heavy atom. The number of hydrogen-bond donors (Lipinski definition) is 0. The summed E-state index contributed by atoms with van der Waals surface area (Å²) in [5, 5.41) is 9.42. The van der Waals surface area contributed by atoms with E-state index in [2.05, 4.69) is 28.7 Å². The van der Waals surface area contributed by atoms with Gasteiger partial charge in [-0.25, -0.2) is 0 Å². The average Bonchev–Trinajstić information content (AvgIpc) is 2.49. The molecule has 1 atom stereocenters. The fourth-order valence-electron chi connectivity index (χ4n) is 2.12. The second kappa shape index (κ2) is 6.72. The van der Waals surface area contributed by atoms with Crippen molar-refractivity contribution < 1.29 is 9.53 Å². The molecule has 0 radical (unpaired) electrons. The number of halogens is 1. The second-order valence-corrected chi connectivity index (χ2v) is 5.80. The van der Waals surface area contributed by atoms with Gasteiger partial charge < -0.3 is 4.74 Å². The van der Waals surface area contributed by atoms with Gasteiger partial charge in [-0.15, -0.1) is 0 Å². The van der Waals surface area contributed by atoms with Crippen molar-refractivity contribution in [2.24, 2.45) is 0 Å². The van der Waals surface area contributed by atoms with Crippen molar-refractivity contribution in [3.63, 3.8) is 0 Å². The molecule has 106 valence electrons. The van der Waals surface area contributed by atoms with E-state index in [1.165, 1.54) is 0 Å². The van der Waals surface area contributed by atoms with Crippen LogP contribution >= 0.6 is 22.6 Å². The molecule has 2 aromatic rings. The summed E-state index contributed by atoms with van der Waals surface area (Å²) in [6.07, 6.45) is 0. The largest absolute Gasteiger partial charge is 0.496 e. The first kappa shape index (κ1) is 15.5. The molecule has 4 heteroatoms. The summed E-state index contributed by atoms with van der Waals surface area (Å²) in [5.74, 6) is -0.327. The molecule has 1 unspecified atom stereocenters. The van der Waals surface area contributed by atoms with Crippen LogP contribution < -0.4 is 4.74 Å². The van der Waals surface area contributed by atoms with E-state index in [-0.39, 0.29) is 5.78 Å². The fourth-order valence-corrected chi connectivity index (χ4v) is 2.77. The number of carbonyl (C=O) groups excluding carboxylic acids is 1. The molecule has 3 nitrogen and oxygen atoms in total. The van der Waals surface area contributed by atoms with Crippen LogP contribution in [0.5, 0.6) is 5.75 Å². The van der Waals surface area contributed by atoms with Gasteiger partial charge in [-0.05, 0) is 52.8 Å². The van der Waals surface area contributed by atoms with Crippen molar-refractivity contribution >= 4 is 28.4 Å². The molecule has 0 aromatic heterocycles. The van der Waals surface area contributed by atoms with Crippen LogP contribution in [-0.4, -0.2) is 12.9 Å². The van der Waals surface area contributed by atoms with Gasteiger partial charge in [0.15, 0.2) is 5.78 Å². The Morgan fingerprint density at radius 2 is 2.00 bits per heavy atom. The monoisotopic (exact) mass is 391 g/mol. The van der Waals surface area contributed by atoms with E-state index >= 15 is 0 Å². The van der Waals surface area contributed by atoms with E-state index in [0.717, 1.165) is 9.13 Å². The summed E-state index contributed by atoms with van der Waals surface area (Å²) in [7, 11) is 1.58. The number of hydrogen-bond acceptors (Lipinski definition) is 3. The number of Topliss-reactive ketones (excluding diaryl/α,β-unsaturated/α-hetero) is 1. The number of methoxy groups -OCH3 is 1. The Morgan fingerprint density at radius 1 is 1.29 bits per heavy atom. The maximum absolute atomic E-state index is 12.6. The molecule has 2 aromatic carbocycles. The van der Waals surface area contributed by atoms with Crippen molar-refractivity contribution in [1.82, 2.24) is 0 Å². The van der Waals surface area contributed by atoms with Crippen LogP contribution in [0.4, 0.5) is 0 Å². The van der Waals surface area contributed by atoms with Gasteiger partial charge in [0.05, 0.1) is 13.2 Å². The lowest BCUT2D eigenvalue weighted by atomic mass is 9.91. The summed E-state index contributed by atoms with van der Waals surface area (Å²) in [6.45, 7) is 1.92. The number of carbonyl (C=O) groups is 1. The Kier molecular flexibility index (Phi) is 4.97. The number of ether oxygens (including phenoxy) is 1. The minimum atomic E-state index is -0.824. The van der Waals surface area contributed by atoms with Gasteiger partial charge in [0.25, 0.3) is 0 Å². The molecular formula is C17H14INO2. The third-order valence-corrected chi connectivity index (χ3v) is 4.24. The molecule has 0 amide bonds. The van der Waals surface area contributed by atoms with Crippen LogP contribution in [-0.2, 0) is 0 Å². The lowest BCUT2D eigenvalue weighted by Gasteiger charge is -2.12. The first-order chi connectivity index (χ1) is 10.1. The van der Waals surface area contributed by atoms with Crippen molar-refractivity contribution in [2.75, 3.05) is 7.11 Å². The van der Waals surface area contributed by atoms with E-state index in [1.54, 1.807) is 31.4 Å². The molecule has 2 rings (SSSR count). The average molecular weight is 391 g/mol. The van der Waals surface area contributed by atoms with Crippen molar-refractivity contribution in [3.05, 3.63) is 62.7 Å². The number of nitriles is 1. The highest BCUT2D eigenvalue weighted by Gasteiger charge is 2.24. The summed E-state index contributed by atoms with van der Waals surface area (Å²) in [5.41, 5.74) is 2.20. The molecule has 21 heavy (non-hydrogen) atoms. The Balaban J connectivity index is 2.43. The molecule has 0 aliphatic heterocycles. The van der Waals surface area contributed by atoms with Gasteiger partial charge in [0.1, 0.15) is 11.7 Å². The number of benzene rings is 2. The van der Waals surface area contributed by atoms with Gasteiger partial charge in [0.2, 0.25) is 0 Å². The normalized spacial score (nSPS) is 11.5. The highest BCUT2D eigenvalue weighted by atomic mass is 127. The van der Waals surface area contributed by atoms with Gasteiger partial charge >= 0.3 is 0 Å². The molecule has 0 N–H and O–H groups in total. The van der Waals surface area contributed by atoms with Gasteiger partial charge in [-0.3, -0.25) is 4.79 Å². The Bertz CT molecular complexity index is 719. The van der Waals surface area contributed by atoms with Gasteiger partial charge in [-0.2, -0.15) is 5.26 Å². The summed E-state index contributed by atoms with van der Waals surface area (Å²) in [4.78, 5) is 12.6. The number of ketones is 1. The second-order valence-electron chi connectivity index (χ2n) is 4.64. The third kappa shape index (κ3) is 3.24. The predicted molar refractivity (Wildman–Crippen MR) is 89.6 cm³/mol. The van der Waals surface area contributed by atoms with E-state index in [9.17, 15) is 10.1 Å². The molecular weight excluding hydrogens is 377 g/mol. The predicted octanol–water partition coefficient (Wildman–Crippen LogP) is 4.10. The zero-order valence-corrected chi connectivity index (χ0v) is 13.9. The van der Waals surface area contributed by atoms with Crippen LogP contribution in [0, 0.1) is 21.8 Å². The SMILES string of the molecule is COc1cc(C(C#N)C(=O)c2ccccc2I)ccc1C. The molecule has 0 saturated carbocycles. The molecule has 0 spiro atoms. The van der Waals surface area contributed by atoms with Crippen LogP contribution in [0.2, 0.25) is 0 Å². The maximum atomic E-state index is 12.6. The van der Waals surface area contributed by atoms with Gasteiger partial charge in [-0.1, -0.05) is 30.3 Å². The van der Waals surface area contributed by atoms with Crippen LogP contribution in [0.15, 0.2) is 42.5 Å². The fraction of sp³-hybridized carbons (Fsp3) is 0.176. The van der Waals surface area contributed by atoms with Crippen molar-refractivity contribution in [3.8, 4) is 11.8 Å². The number of nitrogens with zero attached hydrogens (tertiary/aromatic N) is 1.